The molecule has 7 nitrogen and oxygen atoms in total. The summed E-state index contributed by atoms with van der Waals surface area (Å²) in [7, 11) is 0. The minimum atomic E-state index is -1.07. The van der Waals surface area contributed by atoms with Crippen molar-refractivity contribution < 1.29 is 19.1 Å². The van der Waals surface area contributed by atoms with Crippen molar-refractivity contribution in [3.63, 3.8) is 0 Å². The largest absolute Gasteiger partial charge is 0.454 e. The number of carbonyl (C=O) groups is 3. The molecular weight excluding hydrogens is 394 g/mol. The Balaban J connectivity index is 2.06. The van der Waals surface area contributed by atoms with Crippen LogP contribution in [0.5, 0.6) is 0 Å². The van der Waals surface area contributed by atoms with Gasteiger partial charge in [0.2, 0.25) is 0 Å². The minimum absolute atomic E-state index is 0.131. The SMILES string of the molecule is CC(C)[C@](C)(C#N)NC(=O)COC(=O)[C@H](Cc1ccccc1)NC(=O)c1ccccc1. The first-order valence-electron chi connectivity index (χ1n) is 10.0. The van der Waals surface area contributed by atoms with Crippen molar-refractivity contribution in [2.24, 2.45) is 5.92 Å². The zero-order valence-electron chi connectivity index (χ0n) is 17.9. The molecule has 2 aromatic carbocycles. The van der Waals surface area contributed by atoms with Crippen molar-refractivity contribution in [1.29, 1.82) is 5.26 Å². The molecule has 0 aromatic heterocycles. The lowest BCUT2D eigenvalue weighted by Gasteiger charge is -2.27. The van der Waals surface area contributed by atoms with E-state index >= 15 is 0 Å². The summed E-state index contributed by atoms with van der Waals surface area (Å²) in [4.78, 5) is 37.5. The average molecular weight is 421 g/mol. The molecule has 0 saturated heterocycles. The first kappa shape index (κ1) is 23.6. The first-order chi connectivity index (χ1) is 14.7. The van der Waals surface area contributed by atoms with Crippen molar-refractivity contribution >= 4 is 17.8 Å². The fraction of sp³-hybridized carbons (Fsp3) is 0.333. The maximum Gasteiger partial charge on any atom is 0.329 e. The van der Waals surface area contributed by atoms with E-state index < -0.39 is 36.0 Å². The van der Waals surface area contributed by atoms with Gasteiger partial charge in [-0.2, -0.15) is 5.26 Å². The van der Waals surface area contributed by atoms with Crippen LogP contribution in [-0.2, 0) is 20.7 Å². The second-order valence-corrected chi connectivity index (χ2v) is 7.71. The van der Waals surface area contributed by atoms with Gasteiger partial charge < -0.3 is 15.4 Å². The van der Waals surface area contributed by atoms with Gasteiger partial charge in [0.1, 0.15) is 11.6 Å². The summed E-state index contributed by atoms with van der Waals surface area (Å²) in [5, 5.41) is 14.6. The molecule has 2 rings (SSSR count). The van der Waals surface area contributed by atoms with Gasteiger partial charge in [-0.05, 0) is 30.5 Å². The van der Waals surface area contributed by atoms with E-state index in [2.05, 4.69) is 16.7 Å². The fourth-order valence-electron chi connectivity index (χ4n) is 2.74. The Hall–Kier alpha value is -3.66. The van der Waals surface area contributed by atoms with Gasteiger partial charge in [-0.15, -0.1) is 0 Å². The molecule has 31 heavy (non-hydrogen) atoms. The summed E-state index contributed by atoms with van der Waals surface area (Å²) in [5.41, 5.74) is 0.168. The van der Waals surface area contributed by atoms with Crippen LogP contribution in [0.1, 0.15) is 36.7 Å². The molecule has 0 aliphatic heterocycles. The number of hydrogen-bond donors (Lipinski definition) is 2. The van der Waals surface area contributed by atoms with E-state index in [1.165, 1.54) is 0 Å². The predicted octanol–water partition coefficient (Wildman–Crippen LogP) is 2.63. The molecule has 0 saturated carbocycles. The summed E-state index contributed by atoms with van der Waals surface area (Å²) < 4.78 is 5.17. The van der Waals surface area contributed by atoms with Crippen molar-refractivity contribution in [3.05, 3.63) is 71.8 Å². The Kier molecular flexibility index (Phi) is 8.33. The number of carbonyl (C=O) groups excluding carboxylic acids is 3. The number of esters is 1. The molecule has 0 unspecified atom stereocenters. The molecule has 0 radical (unpaired) electrons. The highest BCUT2D eigenvalue weighted by Crippen LogP contribution is 2.15. The van der Waals surface area contributed by atoms with Gasteiger partial charge in [0, 0.05) is 12.0 Å². The lowest BCUT2D eigenvalue weighted by atomic mass is 9.90. The van der Waals surface area contributed by atoms with E-state index in [1.807, 2.05) is 44.2 Å². The van der Waals surface area contributed by atoms with Crippen molar-refractivity contribution in [2.45, 2.75) is 38.8 Å². The maximum absolute atomic E-state index is 12.7. The summed E-state index contributed by atoms with van der Waals surface area (Å²) in [6, 6.07) is 18.8. The van der Waals surface area contributed by atoms with Crippen LogP contribution in [0.3, 0.4) is 0 Å². The second kappa shape index (κ2) is 10.9. The molecule has 7 heteroatoms. The zero-order chi connectivity index (χ0) is 22.9. The summed E-state index contributed by atoms with van der Waals surface area (Å²) in [6.07, 6.45) is 0.210. The molecule has 0 bridgehead atoms. The summed E-state index contributed by atoms with van der Waals surface area (Å²) in [5.74, 6) is -1.86. The minimum Gasteiger partial charge on any atom is -0.454 e. The van der Waals surface area contributed by atoms with E-state index in [-0.39, 0.29) is 12.3 Å². The molecule has 162 valence electrons. The van der Waals surface area contributed by atoms with Crippen molar-refractivity contribution in [1.82, 2.24) is 10.6 Å². The number of nitrogens with one attached hydrogen (secondary N) is 2. The normalized spacial score (nSPS) is 13.4. The van der Waals surface area contributed by atoms with E-state index in [1.54, 1.807) is 37.3 Å². The quantitative estimate of drug-likeness (QED) is 0.605. The van der Waals surface area contributed by atoms with Crippen LogP contribution in [0.25, 0.3) is 0 Å². The topological polar surface area (TPSA) is 108 Å². The molecule has 0 spiro atoms. The number of nitriles is 1. The van der Waals surface area contributed by atoms with Gasteiger partial charge in [-0.3, -0.25) is 9.59 Å². The Morgan fingerprint density at radius 1 is 1.03 bits per heavy atom. The maximum atomic E-state index is 12.7. The van der Waals surface area contributed by atoms with Crippen LogP contribution >= 0.6 is 0 Å². The number of benzene rings is 2. The first-order valence-corrected chi connectivity index (χ1v) is 10.0. The van der Waals surface area contributed by atoms with Gasteiger partial charge in [-0.1, -0.05) is 62.4 Å². The van der Waals surface area contributed by atoms with Crippen LogP contribution in [0.4, 0.5) is 0 Å². The molecule has 0 aliphatic rings. The lowest BCUT2D eigenvalue weighted by Crippen LogP contribution is -2.51. The fourth-order valence-corrected chi connectivity index (χ4v) is 2.74. The van der Waals surface area contributed by atoms with E-state index in [0.717, 1.165) is 5.56 Å². The molecule has 0 aliphatic carbocycles. The van der Waals surface area contributed by atoms with E-state index in [0.29, 0.717) is 5.56 Å². The van der Waals surface area contributed by atoms with Gasteiger partial charge in [0.15, 0.2) is 6.61 Å². The van der Waals surface area contributed by atoms with Gasteiger partial charge in [0.05, 0.1) is 6.07 Å². The second-order valence-electron chi connectivity index (χ2n) is 7.71. The Morgan fingerprint density at radius 2 is 1.61 bits per heavy atom. The Labute approximate surface area is 182 Å². The molecule has 0 fully saturated rings. The average Bonchev–Trinajstić information content (AvgIpc) is 2.78. The Bertz CT molecular complexity index is 938. The number of ether oxygens (including phenoxy) is 1. The highest BCUT2D eigenvalue weighted by atomic mass is 16.5. The Morgan fingerprint density at radius 3 is 2.16 bits per heavy atom. The van der Waals surface area contributed by atoms with Crippen LogP contribution in [0.15, 0.2) is 60.7 Å². The number of nitrogens with zero attached hydrogens (tertiary/aromatic N) is 1. The van der Waals surface area contributed by atoms with Crippen molar-refractivity contribution in [3.8, 4) is 6.07 Å². The molecule has 0 heterocycles. The molecule has 2 aromatic rings. The summed E-state index contributed by atoms with van der Waals surface area (Å²) >= 11 is 0. The highest BCUT2D eigenvalue weighted by molar-refractivity contribution is 5.97. The van der Waals surface area contributed by atoms with Crippen LogP contribution in [0, 0.1) is 17.2 Å². The van der Waals surface area contributed by atoms with E-state index in [4.69, 9.17) is 4.74 Å². The molecule has 2 N–H and O–H groups in total. The van der Waals surface area contributed by atoms with Crippen LogP contribution in [-0.4, -0.2) is 36.0 Å². The smallest absolute Gasteiger partial charge is 0.329 e. The highest BCUT2D eigenvalue weighted by Gasteiger charge is 2.31. The standard InChI is InChI=1S/C24H27N3O4/c1-17(2)24(3,16-25)27-21(28)15-31-23(30)20(14-18-10-6-4-7-11-18)26-22(29)19-12-8-5-9-13-19/h4-13,17,20H,14-15H2,1-3H3,(H,26,29)(H,27,28)/t20-,24-/m0/s1. The van der Waals surface area contributed by atoms with Gasteiger partial charge >= 0.3 is 5.97 Å². The van der Waals surface area contributed by atoms with Gasteiger partial charge in [-0.25, -0.2) is 4.79 Å². The third kappa shape index (κ3) is 6.96. The van der Waals surface area contributed by atoms with Gasteiger partial charge in [0.25, 0.3) is 11.8 Å². The lowest BCUT2D eigenvalue weighted by molar-refractivity contribution is -0.150. The summed E-state index contributed by atoms with van der Waals surface area (Å²) in [6.45, 7) is 4.68. The number of amides is 2. The third-order valence-electron chi connectivity index (χ3n) is 5.04. The molecule has 2 atom stereocenters. The third-order valence-corrected chi connectivity index (χ3v) is 5.04. The molecule has 2 amide bonds. The van der Waals surface area contributed by atoms with Crippen LogP contribution < -0.4 is 10.6 Å². The van der Waals surface area contributed by atoms with E-state index in [9.17, 15) is 19.6 Å². The predicted molar refractivity (Wildman–Crippen MR) is 116 cm³/mol. The molecular formula is C24H27N3O4. The number of hydrogen-bond acceptors (Lipinski definition) is 5. The number of rotatable bonds is 9. The van der Waals surface area contributed by atoms with Crippen LogP contribution in [0.2, 0.25) is 0 Å². The zero-order valence-corrected chi connectivity index (χ0v) is 17.9. The monoisotopic (exact) mass is 421 g/mol. The van der Waals surface area contributed by atoms with Crippen molar-refractivity contribution in [2.75, 3.05) is 6.61 Å².